The van der Waals surface area contributed by atoms with Crippen LogP contribution in [0.3, 0.4) is 0 Å². The summed E-state index contributed by atoms with van der Waals surface area (Å²) in [6.45, 7) is 6.33. The highest BCUT2D eigenvalue weighted by Gasteiger charge is 2.36. The second-order valence-electron chi connectivity index (χ2n) is 5.29. The highest BCUT2D eigenvalue weighted by molar-refractivity contribution is 4.91. The number of alkyl halides is 3. The van der Waals surface area contributed by atoms with Gasteiger partial charge in [0.25, 0.3) is 0 Å². The second kappa shape index (κ2) is 6.21. The average Bonchev–Trinajstić information content (AvgIpc) is 2.27. The quantitative estimate of drug-likeness (QED) is 0.830. The Kier molecular flexibility index (Phi) is 5.43. The van der Waals surface area contributed by atoms with Gasteiger partial charge in [0.05, 0.1) is 13.2 Å². The molecule has 0 spiro atoms. The van der Waals surface area contributed by atoms with E-state index in [1.807, 2.05) is 13.8 Å². The fourth-order valence-electron chi connectivity index (χ4n) is 2.56. The minimum atomic E-state index is -4.08. The zero-order valence-electron chi connectivity index (χ0n) is 11.1. The third-order valence-electron chi connectivity index (χ3n) is 3.68. The number of halogens is 3. The van der Waals surface area contributed by atoms with Crippen LogP contribution in [0.15, 0.2) is 0 Å². The fourth-order valence-corrected chi connectivity index (χ4v) is 2.56. The molecule has 0 amide bonds. The van der Waals surface area contributed by atoms with E-state index in [1.54, 1.807) is 0 Å². The number of morpholine rings is 1. The zero-order chi connectivity index (χ0) is 13.8. The van der Waals surface area contributed by atoms with Crippen LogP contribution in [0.4, 0.5) is 13.2 Å². The van der Waals surface area contributed by atoms with Gasteiger partial charge in [-0.05, 0) is 26.7 Å². The second-order valence-corrected chi connectivity index (χ2v) is 5.29. The first-order valence-electron chi connectivity index (χ1n) is 6.40. The monoisotopic (exact) mass is 268 g/mol. The predicted octanol–water partition coefficient (Wildman–Crippen LogP) is 2.16. The zero-order valence-corrected chi connectivity index (χ0v) is 11.1. The molecule has 0 bridgehead atoms. The summed E-state index contributed by atoms with van der Waals surface area (Å²) in [7, 11) is 0. The van der Waals surface area contributed by atoms with Gasteiger partial charge < -0.3 is 10.5 Å². The molecule has 3 nitrogen and oxygen atoms in total. The van der Waals surface area contributed by atoms with E-state index in [9.17, 15) is 13.2 Å². The van der Waals surface area contributed by atoms with Crippen LogP contribution in [0.25, 0.3) is 0 Å². The van der Waals surface area contributed by atoms with Crippen molar-refractivity contribution in [2.75, 3.05) is 26.3 Å². The number of nitrogens with two attached hydrogens (primary N) is 1. The lowest BCUT2D eigenvalue weighted by Crippen LogP contribution is -2.59. The van der Waals surface area contributed by atoms with E-state index >= 15 is 0 Å². The van der Waals surface area contributed by atoms with Gasteiger partial charge in [0, 0.05) is 31.1 Å². The molecule has 2 atom stereocenters. The molecule has 0 aromatic rings. The highest BCUT2D eigenvalue weighted by Crippen LogP contribution is 2.29. The normalized spacial score (nSPS) is 26.0. The number of ether oxygens (including phenoxy) is 1. The highest BCUT2D eigenvalue weighted by atomic mass is 19.4. The van der Waals surface area contributed by atoms with Gasteiger partial charge in [-0.2, -0.15) is 13.2 Å². The largest absolute Gasteiger partial charge is 0.389 e. The standard InChI is InChI=1S/C12H23F3N2O/c1-10-8-18-7-6-17(10)11(2,9-16)4-3-5-12(13,14)15/h10H,3-9,16H2,1-2H3. The van der Waals surface area contributed by atoms with Crippen molar-refractivity contribution in [3.05, 3.63) is 0 Å². The van der Waals surface area contributed by atoms with Crippen molar-refractivity contribution < 1.29 is 17.9 Å². The van der Waals surface area contributed by atoms with Crippen LogP contribution < -0.4 is 5.73 Å². The Morgan fingerprint density at radius 1 is 1.33 bits per heavy atom. The Balaban J connectivity index is 2.55. The Bertz CT molecular complexity index is 260. The first kappa shape index (κ1) is 15.7. The summed E-state index contributed by atoms with van der Waals surface area (Å²) in [5.41, 5.74) is 5.42. The van der Waals surface area contributed by atoms with Gasteiger partial charge in [0.15, 0.2) is 0 Å². The number of hydrogen-bond donors (Lipinski definition) is 1. The van der Waals surface area contributed by atoms with Crippen molar-refractivity contribution in [2.45, 2.75) is 50.9 Å². The minimum Gasteiger partial charge on any atom is -0.379 e. The summed E-state index contributed by atoms with van der Waals surface area (Å²) in [5, 5.41) is 0. The molecule has 0 aromatic heterocycles. The molecule has 1 saturated heterocycles. The van der Waals surface area contributed by atoms with Gasteiger partial charge in [0.2, 0.25) is 0 Å². The van der Waals surface area contributed by atoms with Crippen LogP contribution in [0.2, 0.25) is 0 Å². The first-order valence-corrected chi connectivity index (χ1v) is 6.40. The molecule has 2 N–H and O–H groups in total. The van der Waals surface area contributed by atoms with Crippen molar-refractivity contribution in [1.29, 1.82) is 0 Å². The van der Waals surface area contributed by atoms with Crippen LogP contribution in [-0.4, -0.2) is 49.0 Å². The molecule has 1 aliphatic heterocycles. The first-order chi connectivity index (χ1) is 8.28. The molecule has 1 fully saturated rings. The van der Waals surface area contributed by atoms with Crippen LogP contribution in [-0.2, 0) is 4.74 Å². The summed E-state index contributed by atoms with van der Waals surface area (Å²) in [6, 6.07) is 0.207. The third kappa shape index (κ3) is 4.40. The van der Waals surface area contributed by atoms with E-state index in [2.05, 4.69) is 4.90 Å². The third-order valence-corrected chi connectivity index (χ3v) is 3.68. The van der Waals surface area contributed by atoms with Crippen molar-refractivity contribution in [2.24, 2.45) is 5.73 Å². The van der Waals surface area contributed by atoms with Crippen molar-refractivity contribution in [1.82, 2.24) is 4.90 Å². The molecule has 0 radical (unpaired) electrons. The molecule has 1 aliphatic rings. The van der Waals surface area contributed by atoms with Gasteiger partial charge in [-0.25, -0.2) is 0 Å². The maximum Gasteiger partial charge on any atom is 0.389 e. The Morgan fingerprint density at radius 3 is 2.50 bits per heavy atom. The summed E-state index contributed by atoms with van der Waals surface area (Å²) in [4.78, 5) is 2.19. The van der Waals surface area contributed by atoms with Crippen LogP contribution in [0.5, 0.6) is 0 Å². The molecular formula is C12H23F3N2O. The molecule has 0 saturated carbocycles. The van der Waals surface area contributed by atoms with E-state index in [4.69, 9.17) is 10.5 Å². The summed E-state index contributed by atoms with van der Waals surface area (Å²) in [6.07, 6.45) is -4.22. The molecule has 0 aliphatic carbocycles. The van der Waals surface area contributed by atoms with Crippen molar-refractivity contribution in [3.63, 3.8) is 0 Å². The molecule has 18 heavy (non-hydrogen) atoms. The van der Waals surface area contributed by atoms with Crippen molar-refractivity contribution >= 4 is 0 Å². The lowest BCUT2D eigenvalue weighted by molar-refractivity contribution is -0.137. The molecule has 6 heteroatoms. The van der Waals surface area contributed by atoms with Gasteiger partial charge >= 0.3 is 6.18 Å². The Morgan fingerprint density at radius 2 is 2.00 bits per heavy atom. The van der Waals surface area contributed by atoms with Crippen LogP contribution in [0, 0.1) is 0 Å². The van der Waals surface area contributed by atoms with Crippen LogP contribution >= 0.6 is 0 Å². The van der Waals surface area contributed by atoms with E-state index in [1.165, 1.54) is 0 Å². The molecule has 0 aromatic carbocycles. The van der Waals surface area contributed by atoms with Crippen LogP contribution in [0.1, 0.15) is 33.1 Å². The van der Waals surface area contributed by atoms with Crippen molar-refractivity contribution in [3.8, 4) is 0 Å². The maximum absolute atomic E-state index is 12.2. The van der Waals surface area contributed by atoms with E-state index in [0.717, 1.165) is 6.54 Å². The van der Waals surface area contributed by atoms with Gasteiger partial charge in [-0.3, -0.25) is 4.90 Å². The predicted molar refractivity (Wildman–Crippen MR) is 64.4 cm³/mol. The maximum atomic E-state index is 12.2. The summed E-state index contributed by atoms with van der Waals surface area (Å²) < 4.78 is 41.9. The molecule has 1 rings (SSSR count). The Hall–Kier alpha value is -0.330. The van der Waals surface area contributed by atoms with E-state index in [-0.39, 0.29) is 18.0 Å². The number of hydrogen-bond acceptors (Lipinski definition) is 3. The smallest absolute Gasteiger partial charge is 0.379 e. The lowest BCUT2D eigenvalue weighted by Gasteiger charge is -2.46. The summed E-state index contributed by atoms with van der Waals surface area (Å²) >= 11 is 0. The topological polar surface area (TPSA) is 38.5 Å². The van der Waals surface area contributed by atoms with Gasteiger partial charge in [-0.1, -0.05) is 0 Å². The van der Waals surface area contributed by atoms with E-state index < -0.39 is 12.6 Å². The number of nitrogens with zero attached hydrogens (tertiary/aromatic N) is 1. The fraction of sp³-hybridized carbons (Fsp3) is 1.00. The average molecular weight is 268 g/mol. The van der Waals surface area contributed by atoms with Gasteiger partial charge in [-0.15, -0.1) is 0 Å². The summed E-state index contributed by atoms with van der Waals surface area (Å²) in [5.74, 6) is 0. The Labute approximate surface area is 106 Å². The molecule has 1 heterocycles. The molecular weight excluding hydrogens is 245 g/mol. The SMILES string of the molecule is CC1COCCN1C(C)(CN)CCCC(F)(F)F. The minimum absolute atomic E-state index is 0.126. The number of rotatable bonds is 5. The van der Waals surface area contributed by atoms with E-state index in [0.29, 0.717) is 26.2 Å². The lowest BCUT2D eigenvalue weighted by atomic mass is 9.90. The molecule has 108 valence electrons. The molecule has 2 unspecified atom stereocenters. The van der Waals surface area contributed by atoms with Gasteiger partial charge in [0.1, 0.15) is 0 Å².